The number of carbonyl (C=O) groups is 1. The van der Waals surface area contributed by atoms with E-state index in [1.165, 1.54) is 0 Å². The molecule has 0 aliphatic heterocycles. The molecule has 0 N–H and O–H groups in total. The Hall–Kier alpha value is -0.0300. The predicted octanol–water partition coefficient (Wildman–Crippen LogP) is 4.20. The van der Waals surface area contributed by atoms with E-state index in [4.69, 9.17) is 9.47 Å². The van der Waals surface area contributed by atoms with Crippen LogP contribution in [0.5, 0.6) is 0 Å². The van der Waals surface area contributed by atoms with Gasteiger partial charge in [-0.1, -0.05) is 26.7 Å². The SMILES string of the molecule is CCCC(COC(=O)OCC(CCC)SC)SC. The maximum Gasteiger partial charge on any atom is 0.508 e. The highest BCUT2D eigenvalue weighted by Crippen LogP contribution is 2.15. The van der Waals surface area contributed by atoms with Gasteiger partial charge in [0.2, 0.25) is 0 Å². The second kappa shape index (κ2) is 12.0. The predicted molar refractivity (Wildman–Crippen MR) is 81.7 cm³/mol. The van der Waals surface area contributed by atoms with Gasteiger partial charge in [-0.15, -0.1) is 0 Å². The van der Waals surface area contributed by atoms with Crippen LogP contribution in [0, 0.1) is 0 Å². The molecule has 0 bridgehead atoms. The summed E-state index contributed by atoms with van der Waals surface area (Å²) in [4.78, 5) is 11.4. The van der Waals surface area contributed by atoms with Crippen LogP contribution in [-0.2, 0) is 9.47 Å². The van der Waals surface area contributed by atoms with Gasteiger partial charge in [0.15, 0.2) is 0 Å². The number of thioether (sulfide) groups is 2. The summed E-state index contributed by atoms with van der Waals surface area (Å²) >= 11 is 3.47. The summed E-state index contributed by atoms with van der Waals surface area (Å²) in [5.41, 5.74) is 0. The first-order valence-corrected chi connectivity index (χ1v) is 9.10. The molecule has 0 aromatic carbocycles. The molecule has 2 atom stereocenters. The highest BCUT2D eigenvalue weighted by molar-refractivity contribution is 7.99. The molecule has 0 saturated carbocycles. The molecule has 0 heterocycles. The van der Waals surface area contributed by atoms with Crippen LogP contribution in [0.3, 0.4) is 0 Å². The second-order valence-corrected chi connectivity index (χ2v) is 6.44. The van der Waals surface area contributed by atoms with Crippen LogP contribution in [0.15, 0.2) is 0 Å². The molecule has 5 heteroatoms. The Morgan fingerprint density at radius 3 is 1.61 bits per heavy atom. The molecule has 0 aliphatic rings. The lowest BCUT2D eigenvalue weighted by Gasteiger charge is -2.15. The Bertz CT molecular complexity index is 192. The summed E-state index contributed by atoms with van der Waals surface area (Å²) in [5.74, 6) is 0. The van der Waals surface area contributed by atoms with Crippen molar-refractivity contribution < 1.29 is 14.3 Å². The first-order chi connectivity index (χ1) is 8.67. The monoisotopic (exact) mass is 294 g/mol. The standard InChI is InChI=1S/C13H26O3S2/c1-5-7-11(17-3)9-15-13(14)16-10-12(18-4)8-6-2/h11-12H,5-10H2,1-4H3. The first-order valence-electron chi connectivity index (χ1n) is 6.52. The Labute approximate surface area is 120 Å². The molecule has 108 valence electrons. The minimum atomic E-state index is -0.527. The highest BCUT2D eigenvalue weighted by atomic mass is 32.2. The smallest absolute Gasteiger partial charge is 0.433 e. The summed E-state index contributed by atoms with van der Waals surface area (Å²) < 4.78 is 10.3. The summed E-state index contributed by atoms with van der Waals surface area (Å²) in [6.45, 7) is 5.17. The number of hydrogen-bond donors (Lipinski definition) is 0. The van der Waals surface area contributed by atoms with E-state index in [1.54, 1.807) is 23.5 Å². The van der Waals surface area contributed by atoms with Gasteiger partial charge in [0.1, 0.15) is 13.2 Å². The van der Waals surface area contributed by atoms with E-state index in [0.29, 0.717) is 23.7 Å². The van der Waals surface area contributed by atoms with Gasteiger partial charge in [0.25, 0.3) is 0 Å². The number of carbonyl (C=O) groups excluding carboxylic acids is 1. The molecule has 0 aromatic rings. The van der Waals surface area contributed by atoms with Gasteiger partial charge < -0.3 is 9.47 Å². The van der Waals surface area contributed by atoms with Crippen molar-refractivity contribution in [1.29, 1.82) is 0 Å². The number of rotatable bonds is 10. The first kappa shape index (κ1) is 18.0. The molecule has 0 aromatic heterocycles. The van der Waals surface area contributed by atoms with Crippen LogP contribution in [0.4, 0.5) is 4.79 Å². The van der Waals surface area contributed by atoms with E-state index in [0.717, 1.165) is 25.7 Å². The van der Waals surface area contributed by atoms with Crippen LogP contribution in [0.1, 0.15) is 39.5 Å². The molecule has 0 radical (unpaired) electrons. The fourth-order valence-corrected chi connectivity index (χ4v) is 2.90. The van der Waals surface area contributed by atoms with E-state index in [9.17, 15) is 4.79 Å². The third-order valence-electron chi connectivity index (χ3n) is 2.66. The molecule has 0 spiro atoms. The normalized spacial score (nSPS) is 14.0. The van der Waals surface area contributed by atoms with Gasteiger partial charge in [-0.05, 0) is 25.4 Å². The molecule has 0 fully saturated rings. The maximum absolute atomic E-state index is 11.4. The molecular formula is C13H26O3S2. The lowest BCUT2D eigenvalue weighted by atomic mass is 10.2. The topological polar surface area (TPSA) is 35.5 Å². The molecule has 0 aliphatic carbocycles. The van der Waals surface area contributed by atoms with Crippen LogP contribution < -0.4 is 0 Å². The van der Waals surface area contributed by atoms with Crippen molar-refractivity contribution in [2.75, 3.05) is 25.7 Å². The van der Waals surface area contributed by atoms with Crippen molar-refractivity contribution in [2.24, 2.45) is 0 Å². The van der Waals surface area contributed by atoms with Crippen molar-refractivity contribution >= 4 is 29.7 Å². The van der Waals surface area contributed by atoms with Crippen molar-refractivity contribution in [2.45, 2.75) is 50.0 Å². The van der Waals surface area contributed by atoms with Crippen LogP contribution >= 0.6 is 23.5 Å². The summed E-state index contributed by atoms with van der Waals surface area (Å²) in [6.07, 6.45) is 7.90. The van der Waals surface area contributed by atoms with Gasteiger partial charge >= 0.3 is 6.16 Å². The van der Waals surface area contributed by atoms with Crippen LogP contribution in [-0.4, -0.2) is 42.4 Å². The minimum absolute atomic E-state index is 0.384. The number of hydrogen-bond acceptors (Lipinski definition) is 5. The molecule has 2 unspecified atom stereocenters. The van der Waals surface area contributed by atoms with Gasteiger partial charge in [0, 0.05) is 10.5 Å². The average molecular weight is 294 g/mol. The fraction of sp³-hybridized carbons (Fsp3) is 0.923. The zero-order valence-corrected chi connectivity index (χ0v) is 13.6. The third-order valence-corrected chi connectivity index (χ3v) is 4.74. The molecule has 3 nitrogen and oxygen atoms in total. The van der Waals surface area contributed by atoms with Crippen LogP contribution in [0.2, 0.25) is 0 Å². The van der Waals surface area contributed by atoms with Crippen molar-refractivity contribution in [3.8, 4) is 0 Å². The number of ether oxygens (including phenoxy) is 2. The highest BCUT2D eigenvalue weighted by Gasteiger charge is 2.13. The molecule has 0 rings (SSSR count). The zero-order valence-electron chi connectivity index (χ0n) is 11.9. The summed E-state index contributed by atoms with van der Waals surface area (Å²) in [6, 6.07) is 0. The van der Waals surface area contributed by atoms with Crippen molar-refractivity contribution in [3.05, 3.63) is 0 Å². The third kappa shape index (κ3) is 8.97. The zero-order chi connectivity index (χ0) is 13.8. The van der Waals surface area contributed by atoms with Gasteiger partial charge in [-0.25, -0.2) is 4.79 Å². The van der Waals surface area contributed by atoms with E-state index >= 15 is 0 Å². The summed E-state index contributed by atoms with van der Waals surface area (Å²) in [7, 11) is 0. The van der Waals surface area contributed by atoms with Gasteiger partial charge in [-0.2, -0.15) is 23.5 Å². The quantitative estimate of drug-likeness (QED) is 0.564. The fourth-order valence-electron chi connectivity index (χ4n) is 1.55. The van der Waals surface area contributed by atoms with Gasteiger partial charge in [-0.3, -0.25) is 0 Å². The van der Waals surface area contributed by atoms with E-state index in [1.807, 2.05) is 12.5 Å². The Morgan fingerprint density at radius 2 is 1.33 bits per heavy atom. The van der Waals surface area contributed by atoms with E-state index in [-0.39, 0.29) is 0 Å². The Morgan fingerprint density at radius 1 is 0.944 bits per heavy atom. The molecular weight excluding hydrogens is 268 g/mol. The van der Waals surface area contributed by atoms with Crippen molar-refractivity contribution in [3.63, 3.8) is 0 Å². The maximum atomic E-state index is 11.4. The molecule has 0 amide bonds. The Kier molecular flexibility index (Phi) is 12.0. The lowest BCUT2D eigenvalue weighted by Crippen LogP contribution is -2.20. The largest absolute Gasteiger partial charge is 0.508 e. The Balaban J connectivity index is 3.75. The van der Waals surface area contributed by atoms with E-state index < -0.39 is 6.16 Å². The lowest BCUT2D eigenvalue weighted by molar-refractivity contribution is 0.0551. The molecule has 18 heavy (non-hydrogen) atoms. The molecule has 0 saturated heterocycles. The minimum Gasteiger partial charge on any atom is -0.433 e. The second-order valence-electron chi connectivity index (χ2n) is 4.16. The average Bonchev–Trinajstić information content (AvgIpc) is 2.39. The van der Waals surface area contributed by atoms with E-state index in [2.05, 4.69) is 13.8 Å². The van der Waals surface area contributed by atoms with Gasteiger partial charge in [0.05, 0.1) is 0 Å². The van der Waals surface area contributed by atoms with Crippen molar-refractivity contribution in [1.82, 2.24) is 0 Å². The van der Waals surface area contributed by atoms with Crippen LogP contribution in [0.25, 0.3) is 0 Å². The summed E-state index contributed by atoms with van der Waals surface area (Å²) in [5, 5.41) is 0.768.